The number of para-hydroxylation sites is 1. The quantitative estimate of drug-likeness (QED) is 0.179. The van der Waals surface area contributed by atoms with Crippen LogP contribution in [0.25, 0.3) is 93.5 Å². The largest absolute Gasteiger partial charge is 0.309 e. The Morgan fingerprint density at radius 2 is 0.959 bits per heavy atom. The standard InChI is InChI=1S/C47H30N2/c1-3-12-31(13-4-1)36-29-43(33-15-5-2-6-16-33)48-44(30-36)35-17-11-18-37(28-35)49-45-21-10-9-20-40(45)42-27-24-34-23-25-39-38-19-8-7-14-32(38)22-26-41(39)46(34)47(42)49/h1-30H. The van der Waals surface area contributed by atoms with E-state index in [1.54, 1.807) is 0 Å². The first-order chi connectivity index (χ1) is 24.3. The normalized spacial score (nSPS) is 11.7. The molecule has 0 spiro atoms. The molecule has 2 nitrogen and oxygen atoms in total. The van der Waals surface area contributed by atoms with Crippen molar-refractivity contribution in [3.63, 3.8) is 0 Å². The van der Waals surface area contributed by atoms with E-state index >= 15 is 0 Å². The van der Waals surface area contributed by atoms with Crippen LogP contribution in [0.3, 0.4) is 0 Å². The van der Waals surface area contributed by atoms with Gasteiger partial charge in [0.15, 0.2) is 0 Å². The molecule has 0 radical (unpaired) electrons. The van der Waals surface area contributed by atoms with Crippen molar-refractivity contribution in [2.45, 2.75) is 0 Å². The minimum Gasteiger partial charge on any atom is -0.309 e. The molecule has 0 bridgehead atoms. The molecule has 0 aliphatic rings. The third-order valence-corrected chi connectivity index (χ3v) is 9.94. The fraction of sp³-hybridized carbons (Fsp3) is 0. The first-order valence-corrected chi connectivity index (χ1v) is 16.8. The van der Waals surface area contributed by atoms with Gasteiger partial charge in [-0.1, -0.05) is 152 Å². The minimum absolute atomic E-state index is 0.949. The molecule has 0 N–H and O–H groups in total. The minimum atomic E-state index is 0.949. The van der Waals surface area contributed by atoms with E-state index in [2.05, 4.69) is 187 Å². The predicted molar refractivity (Wildman–Crippen MR) is 207 cm³/mol. The molecule has 0 aliphatic heterocycles. The Balaban J connectivity index is 1.26. The summed E-state index contributed by atoms with van der Waals surface area (Å²) in [5.41, 5.74) is 9.95. The Kier molecular flexibility index (Phi) is 6.22. The summed E-state index contributed by atoms with van der Waals surface area (Å²) in [6.07, 6.45) is 0. The van der Waals surface area contributed by atoms with Gasteiger partial charge in [0.2, 0.25) is 0 Å². The van der Waals surface area contributed by atoms with Crippen molar-refractivity contribution >= 4 is 54.1 Å². The molecule has 0 saturated heterocycles. The Bertz CT molecular complexity index is 2810. The molecule has 2 heteroatoms. The second kappa shape index (κ2) is 11.0. The van der Waals surface area contributed by atoms with Crippen LogP contribution in [0.2, 0.25) is 0 Å². The van der Waals surface area contributed by atoms with Crippen LogP contribution in [0.5, 0.6) is 0 Å². The van der Waals surface area contributed by atoms with Crippen LogP contribution in [0.4, 0.5) is 0 Å². The molecule has 0 atom stereocenters. The SMILES string of the molecule is c1ccc(-c2cc(-c3ccccc3)nc(-c3cccc(-n4c5ccccc5c5ccc6ccc7c8ccccc8ccc7c6c54)c3)c2)cc1. The zero-order valence-electron chi connectivity index (χ0n) is 26.7. The van der Waals surface area contributed by atoms with Crippen molar-refractivity contribution in [3.8, 4) is 39.3 Å². The van der Waals surface area contributed by atoms with Crippen molar-refractivity contribution in [2.75, 3.05) is 0 Å². The van der Waals surface area contributed by atoms with Gasteiger partial charge < -0.3 is 4.57 Å². The monoisotopic (exact) mass is 622 g/mol. The maximum atomic E-state index is 5.26. The maximum Gasteiger partial charge on any atom is 0.0716 e. The van der Waals surface area contributed by atoms with Gasteiger partial charge in [0, 0.05) is 33.0 Å². The number of benzene rings is 8. The lowest BCUT2D eigenvalue weighted by atomic mass is 9.95. The highest BCUT2D eigenvalue weighted by molar-refractivity contribution is 6.28. The van der Waals surface area contributed by atoms with E-state index in [1.165, 1.54) is 59.7 Å². The van der Waals surface area contributed by atoms with Gasteiger partial charge >= 0.3 is 0 Å². The van der Waals surface area contributed by atoms with Gasteiger partial charge in [-0.25, -0.2) is 4.98 Å². The van der Waals surface area contributed by atoms with E-state index in [4.69, 9.17) is 4.98 Å². The molecular weight excluding hydrogens is 593 g/mol. The summed E-state index contributed by atoms with van der Waals surface area (Å²) in [4.78, 5) is 5.26. The summed E-state index contributed by atoms with van der Waals surface area (Å²) in [5.74, 6) is 0. The van der Waals surface area contributed by atoms with Crippen LogP contribution >= 0.6 is 0 Å². The summed E-state index contributed by atoms with van der Waals surface area (Å²) in [7, 11) is 0. The summed E-state index contributed by atoms with van der Waals surface area (Å²) in [5, 5.41) is 10.1. The van der Waals surface area contributed by atoms with Crippen LogP contribution in [-0.4, -0.2) is 9.55 Å². The lowest BCUT2D eigenvalue weighted by Crippen LogP contribution is -1.97. The van der Waals surface area contributed by atoms with Gasteiger partial charge in [0.1, 0.15) is 0 Å². The van der Waals surface area contributed by atoms with Crippen LogP contribution in [-0.2, 0) is 0 Å². The fourth-order valence-corrected chi connectivity index (χ4v) is 7.67. The van der Waals surface area contributed by atoms with E-state index in [0.717, 1.165) is 33.8 Å². The first-order valence-electron chi connectivity index (χ1n) is 16.8. The first kappa shape index (κ1) is 27.6. The molecule has 49 heavy (non-hydrogen) atoms. The number of nitrogens with zero attached hydrogens (tertiary/aromatic N) is 2. The third-order valence-electron chi connectivity index (χ3n) is 9.94. The zero-order valence-corrected chi connectivity index (χ0v) is 26.7. The number of hydrogen-bond acceptors (Lipinski definition) is 1. The van der Waals surface area contributed by atoms with Crippen molar-refractivity contribution in [1.82, 2.24) is 9.55 Å². The van der Waals surface area contributed by atoms with Crippen LogP contribution in [0.1, 0.15) is 0 Å². The highest BCUT2D eigenvalue weighted by Crippen LogP contribution is 2.41. The second-order valence-corrected chi connectivity index (χ2v) is 12.8. The molecule has 0 saturated carbocycles. The third kappa shape index (κ3) is 4.46. The van der Waals surface area contributed by atoms with Crippen molar-refractivity contribution in [3.05, 3.63) is 182 Å². The molecule has 2 heterocycles. The van der Waals surface area contributed by atoms with E-state index in [0.29, 0.717) is 0 Å². The Hall–Kier alpha value is -6.51. The average molecular weight is 623 g/mol. The van der Waals surface area contributed by atoms with Crippen LogP contribution < -0.4 is 0 Å². The lowest BCUT2D eigenvalue weighted by molar-refractivity contribution is 1.18. The number of fused-ring (bicyclic) bond motifs is 9. The average Bonchev–Trinajstić information content (AvgIpc) is 3.53. The molecule has 10 aromatic rings. The van der Waals surface area contributed by atoms with E-state index in [9.17, 15) is 0 Å². The van der Waals surface area contributed by atoms with Gasteiger partial charge in [-0.05, 0) is 68.4 Å². The topological polar surface area (TPSA) is 17.8 Å². The zero-order chi connectivity index (χ0) is 32.3. The van der Waals surface area contributed by atoms with E-state index in [-0.39, 0.29) is 0 Å². The number of hydrogen-bond donors (Lipinski definition) is 0. The van der Waals surface area contributed by atoms with Gasteiger partial charge in [-0.2, -0.15) is 0 Å². The van der Waals surface area contributed by atoms with Crippen molar-refractivity contribution < 1.29 is 0 Å². The highest BCUT2D eigenvalue weighted by atomic mass is 15.0. The summed E-state index contributed by atoms with van der Waals surface area (Å²) >= 11 is 0. The van der Waals surface area contributed by atoms with Gasteiger partial charge in [0.05, 0.1) is 22.4 Å². The number of rotatable bonds is 4. The van der Waals surface area contributed by atoms with Gasteiger partial charge in [0.25, 0.3) is 0 Å². The summed E-state index contributed by atoms with van der Waals surface area (Å²) < 4.78 is 2.46. The Morgan fingerprint density at radius 3 is 1.78 bits per heavy atom. The van der Waals surface area contributed by atoms with Gasteiger partial charge in [-0.15, -0.1) is 0 Å². The lowest BCUT2D eigenvalue weighted by Gasteiger charge is -2.14. The smallest absolute Gasteiger partial charge is 0.0716 e. The molecule has 8 aromatic carbocycles. The molecule has 2 aromatic heterocycles. The molecule has 0 aliphatic carbocycles. The molecule has 0 fully saturated rings. The van der Waals surface area contributed by atoms with Gasteiger partial charge in [-0.3, -0.25) is 0 Å². The number of aromatic nitrogens is 2. The Labute approximate surface area is 284 Å². The fourth-order valence-electron chi connectivity index (χ4n) is 7.67. The summed E-state index contributed by atoms with van der Waals surface area (Å²) in [6, 6.07) is 65.6. The van der Waals surface area contributed by atoms with Crippen LogP contribution in [0.15, 0.2) is 182 Å². The van der Waals surface area contributed by atoms with E-state index < -0.39 is 0 Å². The molecule has 0 unspecified atom stereocenters. The maximum absolute atomic E-state index is 5.26. The summed E-state index contributed by atoms with van der Waals surface area (Å²) in [6.45, 7) is 0. The molecule has 10 rings (SSSR count). The second-order valence-electron chi connectivity index (χ2n) is 12.8. The van der Waals surface area contributed by atoms with Crippen LogP contribution in [0, 0.1) is 0 Å². The van der Waals surface area contributed by atoms with E-state index in [1.807, 2.05) is 0 Å². The Morgan fingerprint density at radius 1 is 0.347 bits per heavy atom. The number of pyridine rings is 1. The molecule has 228 valence electrons. The highest BCUT2D eigenvalue weighted by Gasteiger charge is 2.18. The van der Waals surface area contributed by atoms with Crippen molar-refractivity contribution in [1.29, 1.82) is 0 Å². The predicted octanol–water partition coefficient (Wildman–Crippen LogP) is 12.6. The molecular formula is C47H30N2. The van der Waals surface area contributed by atoms with Crippen molar-refractivity contribution in [2.24, 2.45) is 0 Å². The molecule has 0 amide bonds.